The number of ketones is 1. The van der Waals surface area contributed by atoms with Crippen LogP contribution in [0.25, 0.3) is 5.76 Å². The molecule has 2 aromatic carbocycles. The van der Waals surface area contributed by atoms with Crippen molar-refractivity contribution in [3.63, 3.8) is 0 Å². The van der Waals surface area contributed by atoms with Crippen LogP contribution in [-0.2, 0) is 20.7 Å². The summed E-state index contributed by atoms with van der Waals surface area (Å²) in [7, 11) is 1.51. The number of carbonyl (C=O) groups excluding carboxylic acids is 2. The number of nitrogens with zero attached hydrogens (tertiary/aromatic N) is 1. The SMILES string of the molecule is CCOc1cc(C2/C(=C(\O)c3ccc4c(c3)CC(C)O4)C(=O)C(=O)N2CCOC)ccc1O. The molecule has 1 fully saturated rings. The van der Waals surface area contributed by atoms with Crippen molar-refractivity contribution >= 4 is 17.4 Å². The number of phenols is 1. The Morgan fingerprint density at radius 1 is 1.21 bits per heavy atom. The summed E-state index contributed by atoms with van der Waals surface area (Å²) in [4.78, 5) is 27.4. The Morgan fingerprint density at radius 2 is 2.00 bits per heavy atom. The second-order valence-corrected chi connectivity index (χ2v) is 8.10. The van der Waals surface area contributed by atoms with Crippen molar-refractivity contribution in [1.82, 2.24) is 4.90 Å². The first-order valence-corrected chi connectivity index (χ1v) is 10.9. The van der Waals surface area contributed by atoms with Crippen molar-refractivity contribution in [1.29, 1.82) is 0 Å². The molecule has 1 amide bonds. The van der Waals surface area contributed by atoms with Crippen molar-refractivity contribution in [3.05, 3.63) is 58.7 Å². The van der Waals surface area contributed by atoms with Crippen LogP contribution in [0.1, 0.15) is 36.6 Å². The van der Waals surface area contributed by atoms with Crippen LogP contribution in [0.15, 0.2) is 42.0 Å². The molecule has 8 nitrogen and oxygen atoms in total. The Morgan fingerprint density at radius 3 is 2.73 bits per heavy atom. The second kappa shape index (κ2) is 9.15. The minimum atomic E-state index is -0.858. The van der Waals surface area contributed by atoms with E-state index in [0.29, 0.717) is 24.2 Å². The van der Waals surface area contributed by atoms with E-state index >= 15 is 0 Å². The van der Waals surface area contributed by atoms with E-state index in [9.17, 15) is 19.8 Å². The number of phenolic OH excluding ortho intramolecular Hbond substituents is 1. The number of aromatic hydroxyl groups is 1. The predicted molar refractivity (Wildman–Crippen MR) is 120 cm³/mol. The van der Waals surface area contributed by atoms with Gasteiger partial charge in [0, 0.05) is 25.6 Å². The lowest BCUT2D eigenvalue weighted by atomic mass is 9.94. The van der Waals surface area contributed by atoms with E-state index in [-0.39, 0.29) is 42.1 Å². The van der Waals surface area contributed by atoms with Crippen LogP contribution < -0.4 is 9.47 Å². The topological polar surface area (TPSA) is 106 Å². The first-order chi connectivity index (χ1) is 15.8. The third-order valence-corrected chi connectivity index (χ3v) is 5.85. The molecule has 2 aliphatic rings. The Hall–Kier alpha value is -3.52. The molecule has 0 bridgehead atoms. The number of aliphatic hydroxyl groups is 1. The number of hydrogen-bond acceptors (Lipinski definition) is 7. The van der Waals surface area contributed by atoms with Crippen LogP contribution in [0.3, 0.4) is 0 Å². The highest BCUT2D eigenvalue weighted by Gasteiger charge is 2.46. The Balaban J connectivity index is 1.84. The van der Waals surface area contributed by atoms with Gasteiger partial charge in [0.05, 0.1) is 24.8 Å². The molecular formula is C25H27NO7. The standard InChI is InChI=1S/C25H27NO7/c1-4-32-20-13-15(5-7-18(20)27)22-21(24(29)25(30)26(22)9-10-31-3)23(28)16-6-8-19-17(12-16)11-14(2)33-19/h5-8,12-14,22,27-28H,4,9-11H2,1-3H3/b23-21+. The molecule has 33 heavy (non-hydrogen) atoms. The monoisotopic (exact) mass is 453 g/mol. The third kappa shape index (κ3) is 4.14. The number of aliphatic hydroxyl groups excluding tert-OH is 1. The lowest BCUT2D eigenvalue weighted by Crippen LogP contribution is -2.32. The Kier molecular flexibility index (Phi) is 6.29. The lowest BCUT2D eigenvalue weighted by Gasteiger charge is -2.25. The molecule has 2 N–H and O–H groups in total. The van der Waals surface area contributed by atoms with Crippen molar-refractivity contribution in [2.24, 2.45) is 0 Å². The van der Waals surface area contributed by atoms with Gasteiger partial charge in [0.15, 0.2) is 11.5 Å². The fraction of sp³-hybridized carbons (Fsp3) is 0.360. The molecule has 0 spiro atoms. The molecule has 2 aromatic rings. The Bertz CT molecular complexity index is 1120. The molecule has 4 rings (SSSR count). The number of Topliss-reactive ketones (excluding diaryl/α,β-unsaturated/α-hetero) is 1. The van der Waals surface area contributed by atoms with Gasteiger partial charge in [0.1, 0.15) is 17.6 Å². The van der Waals surface area contributed by atoms with Crippen LogP contribution in [-0.4, -0.2) is 59.8 Å². The number of hydrogen-bond donors (Lipinski definition) is 2. The number of amides is 1. The van der Waals surface area contributed by atoms with E-state index < -0.39 is 17.7 Å². The van der Waals surface area contributed by atoms with Crippen molar-refractivity contribution in [2.75, 3.05) is 26.9 Å². The van der Waals surface area contributed by atoms with Gasteiger partial charge in [-0.3, -0.25) is 9.59 Å². The average molecular weight is 453 g/mol. The lowest BCUT2D eigenvalue weighted by molar-refractivity contribution is -0.140. The molecule has 2 atom stereocenters. The van der Waals surface area contributed by atoms with Gasteiger partial charge in [0.25, 0.3) is 11.7 Å². The number of rotatable bonds is 7. The van der Waals surface area contributed by atoms with Gasteiger partial charge in [-0.1, -0.05) is 6.07 Å². The number of benzene rings is 2. The fourth-order valence-electron chi connectivity index (χ4n) is 4.34. The smallest absolute Gasteiger partial charge is 0.295 e. The van der Waals surface area contributed by atoms with Gasteiger partial charge in [-0.05, 0) is 55.3 Å². The van der Waals surface area contributed by atoms with Crippen molar-refractivity contribution in [3.8, 4) is 17.2 Å². The zero-order valence-corrected chi connectivity index (χ0v) is 18.8. The number of methoxy groups -OCH3 is 1. The van der Waals surface area contributed by atoms with E-state index in [2.05, 4.69) is 0 Å². The maximum Gasteiger partial charge on any atom is 0.295 e. The first kappa shape index (κ1) is 22.7. The van der Waals surface area contributed by atoms with Crippen LogP contribution in [0.4, 0.5) is 0 Å². The second-order valence-electron chi connectivity index (χ2n) is 8.10. The molecule has 0 aromatic heterocycles. The van der Waals surface area contributed by atoms with Gasteiger partial charge < -0.3 is 29.3 Å². The van der Waals surface area contributed by atoms with Crippen LogP contribution >= 0.6 is 0 Å². The van der Waals surface area contributed by atoms with Gasteiger partial charge >= 0.3 is 0 Å². The molecule has 174 valence electrons. The molecule has 8 heteroatoms. The average Bonchev–Trinajstić information content (AvgIpc) is 3.29. The van der Waals surface area contributed by atoms with Gasteiger partial charge in [-0.25, -0.2) is 0 Å². The summed E-state index contributed by atoms with van der Waals surface area (Å²) < 4.78 is 16.3. The molecule has 2 heterocycles. The minimum Gasteiger partial charge on any atom is -0.507 e. The van der Waals surface area contributed by atoms with Crippen LogP contribution in [0, 0.1) is 0 Å². The molecule has 0 aliphatic carbocycles. The number of fused-ring (bicyclic) bond motifs is 1. The highest BCUT2D eigenvalue weighted by atomic mass is 16.5. The number of ether oxygens (including phenoxy) is 3. The zero-order chi connectivity index (χ0) is 23.7. The van der Waals surface area contributed by atoms with E-state index in [4.69, 9.17) is 14.2 Å². The highest BCUT2D eigenvalue weighted by Crippen LogP contribution is 2.42. The van der Waals surface area contributed by atoms with Gasteiger partial charge in [-0.2, -0.15) is 0 Å². The van der Waals surface area contributed by atoms with E-state index in [1.54, 1.807) is 37.3 Å². The summed E-state index contributed by atoms with van der Waals surface area (Å²) in [6.45, 7) is 4.45. The van der Waals surface area contributed by atoms with E-state index in [1.165, 1.54) is 18.1 Å². The summed E-state index contributed by atoms with van der Waals surface area (Å²) in [6.07, 6.45) is 0.726. The summed E-state index contributed by atoms with van der Waals surface area (Å²) in [5, 5.41) is 21.4. The first-order valence-electron chi connectivity index (χ1n) is 10.9. The third-order valence-electron chi connectivity index (χ3n) is 5.85. The highest BCUT2D eigenvalue weighted by molar-refractivity contribution is 6.46. The summed E-state index contributed by atoms with van der Waals surface area (Å²) in [6, 6.07) is 9.01. The molecule has 0 radical (unpaired) electrons. The summed E-state index contributed by atoms with van der Waals surface area (Å²) >= 11 is 0. The molecule has 1 saturated heterocycles. The molecule has 0 saturated carbocycles. The molecule has 2 unspecified atom stereocenters. The number of carbonyl (C=O) groups is 2. The summed E-state index contributed by atoms with van der Waals surface area (Å²) in [5.74, 6) is -0.826. The van der Waals surface area contributed by atoms with Gasteiger partial charge in [0.2, 0.25) is 0 Å². The molecular weight excluding hydrogens is 426 g/mol. The summed E-state index contributed by atoms with van der Waals surface area (Å²) in [5.41, 5.74) is 1.88. The predicted octanol–water partition coefficient (Wildman–Crippen LogP) is 3.18. The van der Waals surface area contributed by atoms with Crippen molar-refractivity contribution in [2.45, 2.75) is 32.4 Å². The fourth-order valence-corrected chi connectivity index (χ4v) is 4.34. The van der Waals surface area contributed by atoms with E-state index in [0.717, 1.165) is 11.3 Å². The largest absolute Gasteiger partial charge is 0.507 e. The van der Waals surface area contributed by atoms with Crippen molar-refractivity contribution < 1.29 is 34.0 Å². The quantitative estimate of drug-likeness (QED) is 0.377. The maximum absolute atomic E-state index is 13.1. The minimum absolute atomic E-state index is 0.0174. The maximum atomic E-state index is 13.1. The van der Waals surface area contributed by atoms with E-state index in [1.807, 2.05) is 6.92 Å². The van der Waals surface area contributed by atoms with Crippen LogP contribution in [0.2, 0.25) is 0 Å². The number of likely N-dealkylation sites (tertiary alicyclic amines) is 1. The Labute approximate surface area is 192 Å². The zero-order valence-electron chi connectivity index (χ0n) is 18.8. The van der Waals surface area contributed by atoms with Gasteiger partial charge in [-0.15, -0.1) is 0 Å². The molecule has 2 aliphatic heterocycles. The van der Waals surface area contributed by atoms with Crippen LogP contribution in [0.5, 0.6) is 17.2 Å². The normalized spacial score (nSPS) is 21.2.